The maximum Gasteiger partial charge on any atom is 0.273 e. The first-order valence-electron chi connectivity index (χ1n) is 13.8. The molecule has 0 atom stereocenters. The lowest BCUT2D eigenvalue weighted by Gasteiger charge is -2.24. The summed E-state index contributed by atoms with van der Waals surface area (Å²) >= 11 is 0. The molecule has 0 radical (unpaired) electrons. The first kappa shape index (κ1) is 26.7. The van der Waals surface area contributed by atoms with E-state index in [1.807, 2.05) is 61.1 Å². The molecule has 1 amide bonds. The highest BCUT2D eigenvalue weighted by atomic mass is 16.5. The van der Waals surface area contributed by atoms with Crippen molar-refractivity contribution in [3.8, 4) is 22.9 Å². The molecule has 0 bridgehead atoms. The predicted octanol–water partition coefficient (Wildman–Crippen LogP) is 6.12. The van der Waals surface area contributed by atoms with E-state index >= 15 is 0 Å². The number of rotatable bonds is 8. The van der Waals surface area contributed by atoms with Crippen molar-refractivity contribution >= 4 is 16.8 Å². The quantitative estimate of drug-likeness (QED) is 0.274. The molecule has 8 heteroatoms. The van der Waals surface area contributed by atoms with E-state index in [0.717, 1.165) is 58.4 Å². The number of nitrogens with zero attached hydrogens (tertiary/aromatic N) is 5. The van der Waals surface area contributed by atoms with Gasteiger partial charge in [-0.2, -0.15) is 5.10 Å². The fraction of sp³-hybridized carbons (Fsp3) is 0.419. The van der Waals surface area contributed by atoms with Crippen molar-refractivity contribution in [1.29, 1.82) is 0 Å². The van der Waals surface area contributed by atoms with Gasteiger partial charge in [0.25, 0.3) is 5.91 Å². The number of hydrogen-bond donors (Lipinski definition) is 0. The number of amides is 1. The van der Waals surface area contributed by atoms with Gasteiger partial charge in [0, 0.05) is 42.3 Å². The number of carbonyl (C=O) groups excluding carboxylic acids is 1. The standard InChI is InChI=1S/C31H37N5O3/c1-6-36-21(3)23(18-32-36)19-35(4)31(37)29-25-16-20(2)12-14-26(25)33-30(34-29)22-13-15-27(28(17-22)38-5)39-24-10-8-7-9-11-24/h12-18,24H,6-11,19H2,1-5H3. The zero-order valence-electron chi connectivity index (χ0n) is 23.5. The molecule has 1 fully saturated rings. The van der Waals surface area contributed by atoms with Crippen molar-refractivity contribution in [2.75, 3.05) is 14.2 Å². The highest BCUT2D eigenvalue weighted by Gasteiger charge is 2.22. The fourth-order valence-electron chi connectivity index (χ4n) is 5.27. The molecule has 0 aliphatic heterocycles. The van der Waals surface area contributed by atoms with E-state index in [2.05, 4.69) is 12.0 Å². The van der Waals surface area contributed by atoms with Crippen LogP contribution in [0.15, 0.2) is 42.6 Å². The zero-order chi connectivity index (χ0) is 27.5. The number of fused-ring (bicyclic) bond motifs is 1. The number of carbonyl (C=O) groups is 1. The lowest BCUT2D eigenvalue weighted by molar-refractivity contribution is 0.0781. The first-order chi connectivity index (χ1) is 18.9. The van der Waals surface area contributed by atoms with Crippen LogP contribution in [0.2, 0.25) is 0 Å². The van der Waals surface area contributed by atoms with Crippen LogP contribution in [0.4, 0.5) is 0 Å². The van der Waals surface area contributed by atoms with Crippen LogP contribution in [0.25, 0.3) is 22.3 Å². The van der Waals surface area contributed by atoms with Crippen LogP contribution in [0.5, 0.6) is 11.5 Å². The van der Waals surface area contributed by atoms with Gasteiger partial charge in [-0.3, -0.25) is 9.48 Å². The average molecular weight is 528 g/mol. The summed E-state index contributed by atoms with van der Waals surface area (Å²) in [4.78, 5) is 25.2. The smallest absolute Gasteiger partial charge is 0.273 e. The summed E-state index contributed by atoms with van der Waals surface area (Å²) in [7, 11) is 3.44. The van der Waals surface area contributed by atoms with Crippen LogP contribution in [0.1, 0.15) is 66.3 Å². The van der Waals surface area contributed by atoms with Gasteiger partial charge >= 0.3 is 0 Å². The number of methoxy groups -OCH3 is 1. The maximum absolute atomic E-state index is 13.8. The molecule has 2 heterocycles. The minimum atomic E-state index is -0.165. The van der Waals surface area contributed by atoms with Crippen LogP contribution < -0.4 is 9.47 Å². The second kappa shape index (κ2) is 11.4. The summed E-state index contributed by atoms with van der Waals surface area (Å²) in [6, 6.07) is 11.7. The van der Waals surface area contributed by atoms with Crippen molar-refractivity contribution in [3.05, 3.63) is 65.1 Å². The van der Waals surface area contributed by atoms with Crippen LogP contribution >= 0.6 is 0 Å². The molecular weight excluding hydrogens is 490 g/mol. The third-order valence-corrected chi connectivity index (χ3v) is 7.58. The molecule has 8 nitrogen and oxygen atoms in total. The third-order valence-electron chi connectivity index (χ3n) is 7.58. The van der Waals surface area contributed by atoms with Crippen LogP contribution in [0, 0.1) is 13.8 Å². The lowest BCUT2D eigenvalue weighted by Crippen LogP contribution is -2.28. The normalized spacial score (nSPS) is 14.0. The van der Waals surface area contributed by atoms with Gasteiger partial charge in [-0.05, 0) is 76.8 Å². The maximum atomic E-state index is 13.8. The highest BCUT2D eigenvalue weighted by Crippen LogP contribution is 2.35. The molecule has 5 rings (SSSR count). The number of ether oxygens (including phenoxy) is 2. The Morgan fingerprint density at radius 1 is 1.05 bits per heavy atom. The summed E-state index contributed by atoms with van der Waals surface area (Å²) < 4.78 is 13.9. The van der Waals surface area contributed by atoms with E-state index in [0.29, 0.717) is 23.8 Å². The van der Waals surface area contributed by atoms with Gasteiger partial charge in [0.15, 0.2) is 17.3 Å². The Balaban J connectivity index is 1.50. The number of hydrogen-bond acceptors (Lipinski definition) is 6. The predicted molar refractivity (Wildman–Crippen MR) is 152 cm³/mol. The second-order valence-corrected chi connectivity index (χ2v) is 10.4. The molecule has 1 saturated carbocycles. The molecule has 2 aromatic carbocycles. The number of aryl methyl sites for hydroxylation is 2. The molecule has 4 aromatic rings. The highest BCUT2D eigenvalue weighted by molar-refractivity contribution is 6.05. The molecule has 1 aliphatic carbocycles. The number of aromatic nitrogens is 4. The minimum Gasteiger partial charge on any atom is -0.493 e. The summed E-state index contributed by atoms with van der Waals surface area (Å²) in [5.41, 5.74) is 4.98. The molecule has 0 spiro atoms. The second-order valence-electron chi connectivity index (χ2n) is 10.4. The van der Waals surface area contributed by atoms with Gasteiger partial charge < -0.3 is 14.4 Å². The van der Waals surface area contributed by atoms with Crippen molar-refractivity contribution in [2.45, 2.75) is 72.1 Å². The Labute approximate surface area is 230 Å². The summed E-state index contributed by atoms with van der Waals surface area (Å²) in [5.74, 6) is 1.67. The van der Waals surface area contributed by atoms with Gasteiger partial charge in [0.2, 0.25) is 0 Å². The summed E-state index contributed by atoms with van der Waals surface area (Å²) in [5, 5.41) is 5.16. The van der Waals surface area contributed by atoms with Crippen LogP contribution in [-0.2, 0) is 13.1 Å². The average Bonchev–Trinajstić information content (AvgIpc) is 3.31. The van der Waals surface area contributed by atoms with Crippen molar-refractivity contribution < 1.29 is 14.3 Å². The van der Waals surface area contributed by atoms with E-state index in [-0.39, 0.29) is 12.0 Å². The van der Waals surface area contributed by atoms with Gasteiger partial charge in [-0.1, -0.05) is 18.1 Å². The van der Waals surface area contributed by atoms with E-state index in [1.54, 1.807) is 19.1 Å². The van der Waals surface area contributed by atoms with Crippen LogP contribution in [0.3, 0.4) is 0 Å². The Kier molecular flexibility index (Phi) is 7.82. The van der Waals surface area contributed by atoms with Crippen molar-refractivity contribution in [3.63, 3.8) is 0 Å². The van der Waals surface area contributed by atoms with Gasteiger partial charge in [0.05, 0.1) is 24.9 Å². The van der Waals surface area contributed by atoms with E-state index in [9.17, 15) is 4.79 Å². The molecule has 0 unspecified atom stereocenters. The minimum absolute atomic E-state index is 0.165. The van der Waals surface area contributed by atoms with E-state index in [1.165, 1.54) is 19.3 Å². The topological polar surface area (TPSA) is 82.4 Å². The van der Waals surface area contributed by atoms with Gasteiger partial charge in [-0.15, -0.1) is 0 Å². The molecule has 1 aliphatic rings. The van der Waals surface area contributed by atoms with E-state index in [4.69, 9.17) is 19.4 Å². The van der Waals surface area contributed by atoms with Crippen molar-refractivity contribution in [1.82, 2.24) is 24.6 Å². The molecule has 204 valence electrons. The molecule has 2 aromatic heterocycles. The van der Waals surface area contributed by atoms with Crippen LogP contribution in [-0.4, -0.2) is 50.8 Å². The van der Waals surface area contributed by atoms with Gasteiger partial charge in [-0.25, -0.2) is 9.97 Å². The van der Waals surface area contributed by atoms with Gasteiger partial charge in [0.1, 0.15) is 5.69 Å². The fourth-order valence-corrected chi connectivity index (χ4v) is 5.27. The largest absolute Gasteiger partial charge is 0.493 e. The SMILES string of the molecule is CCn1ncc(CN(C)C(=O)c2nc(-c3ccc(OC4CCCCC4)c(OC)c3)nc3ccc(C)cc23)c1C. The Hall–Kier alpha value is -3.94. The Morgan fingerprint density at radius 3 is 2.56 bits per heavy atom. The summed E-state index contributed by atoms with van der Waals surface area (Å²) in [6.07, 6.45) is 7.84. The summed E-state index contributed by atoms with van der Waals surface area (Å²) in [6.45, 7) is 7.32. The Morgan fingerprint density at radius 2 is 1.85 bits per heavy atom. The zero-order valence-corrected chi connectivity index (χ0v) is 23.5. The molecular formula is C31H37N5O3. The van der Waals surface area contributed by atoms with E-state index < -0.39 is 0 Å². The number of benzene rings is 2. The first-order valence-corrected chi connectivity index (χ1v) is 13.8. The third kappa shape index (κ3) is 5.60. The molecule has 39 heavy (non-hydrogen) atoms. The Bertz CT molecular complexity index is 1490. The van der Waals surface area contributed by atoms with Crippen molar-refractivity contribution in [2.24, 2.45) is 0 Å². The molecule has 0 saturated heterocycles. The monoisotopic (exact) mass is 527 g/mol. The lowest BCUT2D eigenvalue weighted by atomic mass is 9.98. The molecule has 0 N–H and O–H groups in total.